The van der Waals surface area contributed by atoms with Crippen molar-refractivity contribution in [3.63, 3.8) is 0 Å². The Morgan fingerprint density at radius 1 is 1.20 bits per heavy atom. The summed E-state index contributed by atoms with van der Waals surface area (Å²) >= 11 is 0. The van der Waals surface area contributed by atoms with Crippen LogP contribution in [0.5, 0.6) is 0 Å². The van der Waals surface area contributed by atoms with E-state index in [1.54, 1.807) is 0 Å². The molecule has 3 nitrogen and oxygen atoms in total. The maximum atomic E-state index is 5.47. The fourth-order valence-electron chi connectivity index (χ4n) is 1.51. The van der Waals surface area contributed by atoms with Crippen LogP contribution >= 0.6 is 0 Å². The van der Waals surface area contributed by atoms with E-state index >= 15 is 0 Å². The van der Waals surface area contributed by atoms with E-state index in [4.69, 9.17) is 5.73 Å². The van der Waals surface area contributed by atoms with Crippen molar-refractivity contribution < 1.29 is 0 Å². The van der Waals surface area contributed by atoms with Crippen LogP contribution in [0.3, 0.4) is 0 Å². The van der Waals surface area contributed by atoms with Gasteiger partial charge in [0.1, 0.15) is 0 Å². The summed E-state index contributed by atoms with van der Waals surface area (Å²) in [6.45, 7) is 3.47. The van der Waals surface area contributed by atoms with Crippen molar-refractivity contribution in [3.8, 4) is 11.1 Å². The summed E-state index contributed by atoms with van der Waals surface area (Å²) in [5, 5.41) is 4.24. The number of nitrogens with two attached hydrogens (primary N) is 1. The zero-order valence-electron chi connectivity index (χ0n) is 8.85. The lowest BCUT2D eigenvalue weighted by atomic mass is 10.1. The van der Waals surface area contributed by atoms with Gasteiger partial charge in [-0.25, -0.2) is 0 Å². The van der Waals surface area contributed by atoms with Gasteiger partial charge < -0.3 is 5.73 Å². The third-order valence-electron chi connectivity index (χ3n) is 2.38. The highest BCUT2D eigenvalue weighted by molar-refractivity contribution is 5.61. The van der Waals surface area contributed by atoms with Gasteiger partial charge in [-0.1, -0.05) is 29.8 Å². The van der Waals surface area contributed by atoms with E-state index in [1.165, 1.54) is 11.1 Å². The number of hydrogen-bond acceptors (Lipinski definition) is 2. The molecule has 0 unspecified atom stereocenters. The fraction of sp³-hybridized carbons (Fsp3) is 0.250. The molecule has 0 atom stereocenters. The Bertz CT molecular complexity index is 428. The second-order valence-electron chi connectivity index (χ2n) is 3.65. The third kappa shape index (κ3) is 2.25. The second-order valence-corrected chi connectivity index (χ2v) is 3.65. The first-order valence-corrected chi connectivity index (χ1v) is 5.09. The zero-order chi connectivity index (χ0) is 10.7. The van der Waals surface area contributed by atoms with E-state index < -0.39 is 0 Å². The van der Waals surface area contributed by atoms with E-state index in [2.05, 4.69) is 36.3 Å². The van der Waals surface area contributed by atoms with Crippen molar-refractivity contribution in [2.24, 2.45) is 5.73 Å². The molecule has 0 saturated heterocycles. The van der Waals surface area contributed by atoms with Gasteiger partial charge in [-0.3, -0.25) is 4.68 Å². The molecule has 1 heterocycles. The summed E-state index contributed by atoms with van der Waals surface area (Å²) < 4.78 is 1.87. The number of nitrogens with zero attached hydrogens (tertiary/aromatic N) is 2. The maximum absolute atomic E-state index is 5.47. The molecule has 2 N–H and O–H groups in total. The Morgan fingerprint density at radius 2 is 1.93 bits per heavy atom. The van der Waals surface area contributed by atoms with E-state index in [9.17, 15) is 0 Å². The van der Waals surface area contributed by atoms with Gasteiger partial charge in [-0.05, 0) is 12.5 Å². The number of benzene rings is 1. The Labute approximate surface area is 89.5 Å². The van der Waals surface area contributed by atoms with Crippen molar-refractivity contribution in [1.29, 1.82) is 0 Å². The molecule has 0 spiro atoms. The molecule has 78 valence electrons. The van der Waals surface area contributed by atoms with Gasteiger partial charge in [0.2, 0.25) is 0 Å². The van der Waals surface area contributed by atoms with Gasteiger partial charge in [0.05, 0.1) is 12.7 Å². The van der Waals surface area contributed by atoms with Gasteiger partial charge in [-0.2, -0.15) is 5.10 Å². The molecule has 3 heteroatoms. The molecule has 0 fully saturated rings. The highest BCUT2D eigenvalue weighted by Crippen LogP contribution is 2.18. The molecule has 0 bridgehead atoms. The fourth-order valence-corrected chi connectivity index (χ4v) is 1.51. The number of hydrogen-bond donors (Lipinski definition) is 1. The first-order chi connectivity index (χ1) is 7.29. The van der Waals surface area contributed by atoms with Crippen molar-refractivity contribution in [1.82, 2.24) is 9.78 Å². The second kappa shape index (κ2) is 4.28. The molecular weight excluding hydrogens is 186 g/mol. The van der Waals surface area contributed by atoms with Crippen LogP contribution in [0.25, 0.3) is 11.1 Å². The summed E-state index contributed by atoms with van der Waals surface area (Å²) in [4.78, 5) is 0. The molecule has 2 rings (SSSR count). The molecule has 1 aromatic carbocycles. The van der Waals surface area contributed by atoms with Crippen LogP contribution in [-0.4, -0.2) is 16.3 Å². The highest BCUT2D eigenvalue weighted by atomic mass is 15.3. The minimum absolute atomic E-state index is 0.620. The zero-order valence-corrected chi connectivity index (χ0v) is 8.85. The molecule has 1 aromatic heterocycles. The predicted molar refractivity (Wildman–Crippen MR) is 61.5 cm³/mol. The van der Waals surface area contributed by atoms with E-state index in [0.717, 1.165) is 12.1 Å². The SMILES string of the molecule is Cc1ccc(-c2cnn(CCN)c2)cc1. The molecular formula is C12H15N3. The van der Waals surface area contributed by atoms with Crippen LogP contribution in [0.15, 0.2) is 36.7 Å². The first kappa shape index (κ1) is 9.93. The standard InChI is InChI=1S/C12H15N3/c1-10-2-4-11(5-3-10)12-8-14-15(9-12)7-6-13/h2-5,8-9H,6-7,13H2,1H3. The lowest BCUT2D eigenvalue weighted by Crippen LogP contribution is -2.09. The molecule has 0 aliphatic carbocycles. The van der Waals surface area contributed by atoms with Gasteiger partial charge in [0, 0.05) is 18.3 Å². The maximum Gasteiger partial charge on any atom is 0.0568 e. The Kier molecular flexibility index (Phi) is 2.83. The minimum atomic E-state index is 0.620. The molecule has 15 heavy (non-hydrogen) atoms. The van der Waals surface area contributed by atoms with Gasteiger partial charge in [0.15, 0.2) is 0 Å². The molecule has 0 aliphatic rings. The topological polar surface area (TPSA) is 43.8 Å². The van der Waals surface area contributed by atoms with Crippen LogP contribution in [0, 0.1) is 6.92 Å². The lowest BCUT2D eigenvalue weighted by molar-refractivity contribution is 0.625. The number of rotatable bonds is 3. The summed E-state index contributed by atoms with van der Waals surface area (Å²) in [6.07, 6.45) is 3.90. The molecule has 0 aliphatic heterocycles. The van der Waals surface area contributed by atoms with Gasteiger partial charge in [-0.15, -0.1) is 0 Å². The molecule has 2 aromatic rings. The van der Waals surface area contributed by atoms with Crippen LogP contribution in [0.2, 0.25) is 0 Å². The van der Waals surface area contributed by atoms with Gasteiger partial charge >= 0.3 is 0 Å². The lowest BCUT2D eigenvalue weighted by Gasteiger charge is -1.98. The van der Waals surface area contributed by atoms with Crippen LogP contribution in [-0.2, 0) is 6.54 Å². The summed E-state index contributed by atoms with van der Waals surface area (Å²) in [7, 11) is 0. The first-order valence-electron chi connectivity index (χ1n) is 5.09. The number of aromatic nitrogens is 2. The summed E-state index contributed by atoms with van der Waals surface area (Å²) in [5.74, 6) is 0. The van der Waals surface area contributed by atoms with Crippen molar-refractivity contribution in [3.05, 3.63) is 42.2 Å². The Morgan fingerprint density at radius 3 is 2.60 bits per heavy atom. The highest BCUT2D eigenvalue weighted by Gasteiger charge is 2.00. The van der Waals surface area contributed by atoms with Crippen LogP contribution in [0.1, 0.15) is 5.56 Å². The van der Waals surface area contributed by atoms with E-state index in [0.29, 0.717) is 6.54 Å². The van der Waals surface area contributed by atoms with Gasteiger partial charge in [0.25, 0.3) is 0 Å². The van der Waals surface area contributed by atoms with Crippen LogP contribution in [0.4, 0.5) is 0 Å². The molecule has 0 saturated carbocycles. The summed E-state index contributed by atoms with van der Waals surface area (Å²) in [5.41, 5.74) is 9.08. The molecule has 0 radical (unpaired) electrons. The minimum Gasteiger partial charge on any atom is -0.329 e. The predicted octanol–water partition coefficient (Wildman–Crippen LogP) is 1.82. The van der Waals surface area contributed by atoms with Crippen molar-refractivity contribution in [2.75, 3.05) is 6.54 Å². The van der Waals surface area contributed by atoms with E-state index in [1.807, 2.05) is 17.1 Å². The molecule has 0 amide bonds. The van der Waals surface area contributed by atoms with Crippen molar-refractivity contribution >= 4 is 0 Å². The average molecular weight is 201 g/mol. The quantitative estimate of drug-likeness (QED) is 0.823. The monoisotopic (exact) mass is 201 g/mol. The average Bonchev–Trinajstić information content (AvgIpc) is 2.68. The Hall–Kier alpha value is -1.61. The third-order valence-corrected chi connectivity index (χ3v) is 2.38. The van der Waals surface area contributed by atoms with E-state index in [-0.39, 0.29) is 0 Å². The normalized spacial score (nSPS) is 10.5. The smallest absolute Gasteiger partial charge is 0.0568 e. The van der Waals surface area contributed by atoms with Crippen molar-refractivity contribution in [2.45, 2.75) is 13.5 Å². The number of aryl methyl sites for hydroxylation is 1. The summed E-state index contributed by atoms with van der Waals surface area (Å²) in [6, 6.07) is 8.43. The Balaban J connectivity index is 2.25. The van der Waals surface area contributed by atoms with Crippen LogP contribution < -0.4 is 5.73 Å². The largest absolute Gasteiger partial charge is 0.329 e.